The van der Waals surface area contributed by atoms with Gasteiger partial charge in [0.25, 0.3) is 0 Å². The molecule has 0 unspecified atom stereocenters. The quantitative estimate of drug-likeness (QED) is 0.181. The van der Waals surface area contributed by atoms with Crippen LogP contribution in [0.4, 0.5) is 0 Å². The zero-order chi connectivity index (χ0) is 38.2. The van der Waals surface area contributed by atoms with Gasteiger partial charge in [-0.3, -0.25) is 0 Å². The van der Waals surface area contributed by atoms with Crippen LogP contribution >= 0.6 is 0 Å². The Balaban J connectivity index is 1.30. The molecule has 3 heterocycles. The highest BCUT2D eigenvalue weighted by Gasteiger charge is 2.24. The highest BCUT2D eigenvalue weighted by atomic mass is 15.1. The van der Waals surface area contributed by atoms with E-state index in [0.717, 1.165) is 93.6 Å². The van der Waals surface area contributed by atoms with E-state index in [1.165, 1.54) is 0 Å². The van der Waals surface area contributed by atoms with Crippen molar-refractivity contribution in [1.82, 2.24) is 13.7 Å². The lowest BCUT2D eigenvalue weighted by atomic mass is 9.97. The molecule has 0 spiro atoms. The Kier molecular flexibility index (Phi) is 6.95. The smallest absolute Gasteiger partial charge is 0.0992 e. The molecular formula is C51H28N6. The Bertz CT molecular complexity index is 3520. The van der Waals surface area contributed by atoms with Gasteiger partial charge in [-0.05, 0) is 72.8 Å². The standard InChI is InChI=1S/C51H28N6/c52-29-32-22-25-47-42(26-32)41-14-9-19-48(55-43-15-5-1-10-35(43)36-11-2-6-16-44(36)55)51(41)57(47)50-28-34(31-54)21-24-40(50)39-23-20-33(30-53)27-49(39)56-45-17-7-3-12-37(45)38-13-4-8-18-46(38)56/h1-28H. The highest BCUT2D eigenvalue weighted by Crippen LogP contribution is 2.44. The van der Waals surface area contributed by atoms with Crippen LogP contribution in [0.1, 0.15) is 16.7 Å². The molecule has 0 radical (unpaired) electrons. The summed E-state index contributed by atoms with van der Waals surface area (Å²) < 4.78 is 6.83. The third-order valence-electron chi connectivity index (χ3n) is 11.3. The van der Waals surface area contributed by atoms with E-state index in [0.29, 0.717) is 16.7 Å². The zero-order valence-electron chi connectivity index (χ0n) is 30.3. The first-order chi connectivity index (χ1) is 28.2. The van der Waals surface area contributed by atoms with Crippen LogP contribution in [0, 0.1) is 34.0 Å². The number of hydrogen-bond donors (Lipinski definition) is 0. The average molecular weight is 725 g/mol. The van der Waals surface area contributed by atoms with Crippen LogP contribution in [0.3, 0.4) is 0 Å². The Labute approximate surface area is 326 Å². The van der Waals surface area contributed by atoms with Crippen molar-refractivity contribution in [3.63, 3.8) is 0 Å². The monoisotopic (exact) mass is 724 g/mol. The first-order valence-corrected chi connectivity index (χ1v) is 18.7. The van der Waals surface area contributed by atoms with Crippen molar-refractivity contribution in [2.45, 2.75) is 0 Å². The molecule has 6 heteroatoms. The highest BCUT2D eigenvalue weighted by molar-refractivity contribution is 6.16. The lowest BCUT2D eigenvalue weighted by Gasteiger charge is -2.20. The molecule has 11 aromatic rings. The van der Waals surface area contributed by atoms with E-state index < -0.39 is 0 Å². The molecule has 0 fully saturated rings. The first kappa shape index (κ1) is 32.1. The normalized spacial score (nSPS) is 11.5. The van der Waals surface area contributed by atoms with Crippen molar-refractivity contribution in [3.8, 4) is 46.4 Å². The summed E-state index contributed by atoms with van der Waals surface area (Å²) in [5, 5.41) is 37.2. The number of nitriles is 3. The number of rotatable bonds is 4. The van der Waals surface area contributed by atoms with Gasteiger partial charge >= 0.3 is 0 Å². The molecule has 6 nitrogen and oxygen atoms in total. The molecule has 8 aromatic carbocycles. The third kappa shape index (κ3) is 4.61. The second-order valence-electron chi connectivity index (χ2n) is 14.3. The number of benzene rings is 8. The number of hydrogen-bond acceptors (Lipinski definition) is 3. The second kappa shape index (κ2) is 12.3. The molecule has 57 heavy (non-hydrogen) atoms. The maximum atomic E-state index is 10.4. The average Bonchev–Trinajstić information content (AvgIpc) is 3.91. The van der Waals surface area contributed by atoms with Gasteiger partial charge in [0.05, 0.1) is 85.1 Å². The van der Waals surface area contributed by atoms with Gasteiger partial charge in [-0.15, -0.1) is 0 Å². The molecule has 0 atom stereocenters. The van der Waals surface area contributed by atoms with Gasteiger partial charge in [-0.2, -0.15) is 15.8 Å². The van der Waals surface area contributed by atoms with Crippen LogP contribution < -0.4 is 0 Å². The molecule has 3 aromatic heterocycles. The molecule has 11 rings (SSSR count). The van der Waals surface area contributed by atoms with Crippen molar-refractivity contribution in [2.24, 2.45) is 0 Å². The maximum Gasteiger partial charge on any atom is 0.0992 e. The minimum Gasteiger partial charge on any atom is -0.309 e. The van der Waals surface area contributed by atoms with Crippen LogP contribution in [0.25, 0.3) is 93.6 Å². The first-order valence-electron chi connectivity index (χ1n) is 18.7. The topological polar surface area (TPSA) is 86.2 Å². The van der Waals surface area contributed by atoms with E-state index in [1.54, 1.807) is 0 Å². The molecule has 262 valence electrons. The van der Waals surface area contributed by atoms with Gasteiger partial charge in [0.1, 0.15) is 0 Å². The van der Waals surface area contributed by atoms with E-state index in [1.807, 2.05) is 66.7 Å². The third-order valence-corrected chi connectivity index (χ3v) is 11.3. The Morgan fingerprint density at radius 2 is 0.684 bits per heavy atom. The maximum absolute atomic E-state index is 10.4. The Hall–Kier alpha value is -8.37. The summed E-state index contributed by atoms with van der Waals surface area (Å²) in [7, 11) is 0. The summed E-state index contributed by atoms with van der Waals surface area (Å²) in [5.41, 5.74) is 12.1. The molecule has 0 amide bonds. The minimum absolute atomic E-state index is 0.513. The van der Waals surface area contributed by atoms with E-state index >= 15 is 0 Å². The fraction of sp³-hybridized carbons (Fsp3) is 0. The summed E-state index contributed by atoms with van der Waals surface area (Å²) in [6.45, 7) is 0. The fourth-order valence-corrected chi connectivity index (χ4v) is 8.94. The van der Waals surface area contributed by atoms with E-state index in [2.05, 4.69) is 135 Å². The van der Waals surface area contributed by atoms with Gasteiger partial charge in [-0.25, -0.2) is 0 Å². The number of aromatic nitrogens is 3. The molecule has 0 N–H and O–H groups in total. The molecule has 0 bridgehead atoms. The van der Waals surface area contributed by atoms with Crippen molar-refractivity contribution in [1.29, 1.82) is 15.8 Å². The predicted octanol–water partition coefficient (Wildman–Crippen LogP) is 12.3. The van der Waals surface area contributed by atoms with Crippen molar-refractivity contribution < 1.29 is 0 Å². The van der Waals surface area contributed by atoms with Crippen molar-refractivity contribution in [3.05, 3.63) is 187 Å². The van der Waals surface area contributed by atoms with Crippen molar-refractivity contribution in [2.75, 3.05) is 0 Å². The van der Waals surface area contributed by atoms with E-state index in [-0.39, 0.29) is 0 Å². The second-order valence-corrected chi connectivity index (χ2v) is 14.3. The largest absolute Gasteiger partial charge is 0.309 e. The summed E-state index contributed by atoms with van der Waals surface area (Å²) in [6, 6.07) is 64.7. The fourth-order valence-electron chi connectivity index (χ4n) is 8.94. The predicted molar refractivity (Wildman–Crippen MR) is 229 cm³/mol. The molecule has 0 aliphatic heterocycles. The van der Waals surface area contributed by atoms with Gasteiger partial charge in [0, 0.05) is 43.4 Å². The molecule has 0 aliphatic carbocycles. The zero-order valence-corrected chi connectivity index (χ0v) is 30.3. The summed E-state index contributed by atoms with van der Waals surface area (Å²) >= 11 is 0. The van der Waals surface area contributed by atoms with Gasteiger partial charge in [0.15, 0.2) is 0 Å². The lowest BCUT2D eigenvalue weighted by molar-refractivity contribution is 1.13. The Morgan fingerprint density at radius 3 is 1.18 bits per heavy atom. The summed E-state index contributed by atoms with van der Waals surface area (Å²) in [4.78, 5) is 0. The Morgan fingerprint density at radius 1 is 0.298 bits per heavy atom. The van der Waals surface area contributed by atoms with Crippen LogP contribution in [-0.4, -0.2) is 13.7 Å². The SMILES string of the molecule is N#Cc1ccc(-c2ccc(C#N)cc2-n2c3ccc(C#N)cc3c3cccc(-n4c5ccccc5c5ccccc54)c32)c(-n2c3ccccc3c3ccccc32)c1. The minimum atomic E-state index is 0.513. The number of para-hydroxylation sites is 5. The van der Waals surface area contributed by atoms with Gasteiger partial charge in [-0.1, -0.05) is 97.1 Å². The van der Waals surface area contributed by atoms with E-state index in [4.69, 9.17) is 0 Å². The van der Waals surface area contributed by atoms with Crippen molar-refractivity contribution >= 4 is 65.4 Å². The lowest BCUT2D eigenvalue weighted by Crippen LogP contribution is -2.04. The molecule has 0 saturated heterocycles. The van der Waals surface area contributed by atoms with Crippen LogP contribution in [-0.2, 0) is 0 Å². The van der Waals surface area contributed by atoms with E-state index in [9.17, 15) is 15.8 Å². The molecule has 0 aliphatic rings. The van der Waals surface area contributed by atoms with Gasteiger partial charge < -0.3 is 13.7 Å². The molecular weight excluding hydrogens is 697 g/mol. The van der Waals surface area contributed by atoms with Crippen LogP contribution in [0.5, 0.6) is 0 Å². The molecule has 0 saturated carbocycles. The summed E-state index contributed by atoms with van der Waals surface area (Å²) in [6.07, 6.45) is 0. The van der Waals surface area contributed by atoms with Gasteiger partial charge in [0.2, 0.25) is 0 Å². The van der Waals surface area contributed by atoms with Crippen LogP contribution in [0.2, 0.25) is 0 Å². The van der Waals surface area contributed by atoms with Crippen LogP contribution in [0.15, 0.2) is 170 Å². The number of nitrogens with zero attached hydrogens (tertiary/aromatic N) is 6. The number of fused-ring (bicyclic) bond motifs is 9. The summed E-state index contributed by atoms with van der Waals surface area (Å²) in [5.74, 6) is 0.